The fraction of sp³-hybridized carbons (Fsp3) is 0.480. The lowest BCUT2D eigenvalue weighted by molar-refractivity contribution is -0.143. The molecule has 3 unspecified atom stereocenters. The third-order valence-corrected chi connectivity index (χ3v) is 7.53. The van der Waals surface area contributed by atoms with E-state index in [2.05, 4.69) is 22.8 Å². The van der Waals surface area contributed by atoms with Crippen molar-refractivity contribution in [1.82, 2.24) is 15.2 Å². The van der Waals surface area contributed by atoms with E-state index in [1.807, 2.05) is 4.90 Å². The maximum Gasteiger partial charge on any atom is 0.325 e. The molecule has 174 valence electrons. The molecule has 8 heteroatoms. The Morgan fingerprint density at radius 2 is 2.00 bits per heavy atom. The topological polar surface area (TPSA) is 94.6 Å². The van der Waals surface area contributed by atoms with Crippen molar-refractivity contribution in [2.75, 3.05) is 31.5 Å². The van der Waals surface area contributed by atoms with Gasteiger partial charge in [0.1, 0.15) is 11.9 Å². The molecule has 1 saturated heterocycles. The number of aliphatic carboxylic acids is 1. The first kappa shape index (κ1) is 22.2. The van der Waals surface area contributed by atoms with E-state index in [0.717, 1.165) is 43.7 Å². The molecule has 3 N–H and O–H groups in total. The zero-order valence-corrected chi connectivity index (χ0v) is 19.2. The number of nitrogens with zero attached hydrogens (tertiary/aromatic N) is 2. The predicted molar refractivity (Wildman–Crippen MR) is 126 cm³/mol. The number of anilines is 1. The number of rotatable bonds is 8. The van der Waals surface area contributed by atoms with Gasteiger partial charge in [0.2, 0.25) is 5.91 Å². The highest BCUT2D eigenvalue weighted by Gasteiger charge is 2.60. The first-order valence-electron chi connectivity index (χ1n) is 11.7. The van der Waals surface area contributed by atoms with Crippen LogP contribution in [0.2, 0.25) is 5.02 Å². The third-order valence-electron chi connectivity index (χ3n) is 7.18. The number of fused-ring (bicyclic) bond motifs is 2. The molecule has 0 spiro atoms. The molecule has 1 aliphatic carbocycles. The van der Waals surface area contributed by atoms with E-state index in [1.54, 1.807) is 24.3 Å². The average Bonchev–Trinajstić information content (AvgIpc) is 3.32. The molecule has 2 aromatic rings. The fourth-order valence-electron chi connectivity index (χ4n) is 5.45. The summed E-state index contributed by atoms with van der Waals surface area (Å²) in [6, 6.07) is 10.6. The molecule has 1 aromatic heterocycles. The molecular weight excluding hydrogens is 440 g/mol. The molecule has 0 bridgehead atoms. The van der Waals surface area contributed by atoms with Crippen LogP contribution in [-0.4, -0.2) is 53.0 Å². The Labute approximate surface area is 198 Å². The van der Waals surface area contributed by atoms with Gasteiger partial charge in [-0.25, -0.2) is 4.98 Å². The number of aryl methyl sites for hydroxylation is 2. The van der Waals surface area contributed by atoms with Gasteiger partial charge in [-0.2, -0.15) is 0 Å². The lowest BCUT2D eigenvalue weighted by atomic mass is 10.0. The number of carbonyl (C=O) groups is 2. The van der Waals surface area contributed by atoms with Crippen LogP contribution in [-0.2, 0) is 22.4 Å². The number of benzene rings is 1. The highest BCUT2D eigenvalue weighted by Crippen LogP contribution is 2.53. The molecule has 5 rings (SSSR count). The van der Waals surface area contributed by atoms with Crippen LogP contribution in [0.3, 0.4) is 0 Å². The molecule has 3 atom stereocenters. The number of aromatic nitrogens is 1. The first-order chi connectivity index (χ1) is 16.0. The molecule has 1 aromatic carbocycles. The van der Waals surface area contributed by atoms with Gasteiger partial charge in [0.15, 0.2) is 0 Å². The minimum absolute atomic E-state index is 0.00647. The average molecular weight is 469 g/mol. The first-order valence-corrected chi connectivity index (χ1v) is 12.1. The zero-order valence-electron chi connectivity index (χ0n) is 18.5. The van der Waals surface area contributed by atoms with Crippen LogP contribution in [0.25, 0.3) is 0 Å². The molecule has 3 heterocycles. The summed E-state index contributed by atoms with van der Waals surface area (Å²) in [7, 11) is 0. The number of carboxylic acid groups (broad SMARTS) is 1. The number of carboxylic acids is 1. The maximum atomic E-state index is 12.7. The van der Waals surface area contributed by atoms with Gasteiger partial charge in [0.05, 0.1) is 0 Å². The molecular formula is C25H29ClN4O3. The summed E-state index contributed by atoms with van der Waals surface area (Å²) in [4.78, 5) is 31.3. The Morgan fingerprint density at radius 1 is 1.21 bits per heavy atom. The second kappa shape index (κ2) is 9.31. The van der Waals surface area contributed by atoms with Crippen LogP contribution in [0.1, 0.15) is 35.7 Å². The lowest BCUT2D eigenvalue weighted by Gasteiger charge is -2.27. The zero-order chi connectivity index (χ0) is 22.9. The highest BCUT2D eigenvalue weighted by molar-refractivity contribution is 6.31. The number of carbonyl (C=O) groups excluding carboxylic acids is 1. The molecule has 2 fully saturated rings. The molecule has 1 saturated carbocycles. The van der Waals surface area contributed by atoms with Gasteiger partial charge in [0.25, 0.3) is 0 Å². The van der Waals surface area contributed by atoms with Crippen molar-refractivity contribution in [1.29, 1.82) is 0 Å². The molecule has 3 aliphatic rings. The smallest absolute Gasteiger partial charge is 0.325 e. The van der Waals surface area contributed by atoms with E-state index in [9.17, 15) is 14.7 Å². The molecule has 0 radical (unpaired) electrons. The Hall–Kier alpha value is -2.64. The van der Waals surface area contributed by atoms with Gasteiger partial charge in [-0.3, -0.25) is 14.5 Å². The Bertz CT molecular complexity index is 1050. The summed E-state index contributed by atoms with van der Waals surface area (Å²) >= 11 is 6.26. The van der Waals surface area contributed by atoms with E-state index in [0.29, 0.717) is 30.2 Å². The van der Waals surface area contributed by atoms with Gasteiger partial charge in [0, 0.05) is 42.8 Å². The van der Waals surface area contributed by atoms with E-state index >= 15 is 0 Å². The van der Waals surface area contributed by atoms with Crippen LogP contribution in [0.15, 0.2) is 36.4 Å². The number of amides is 1. The van der Waals surface area contributed by atoms with E-state index < -0.39 is 12.0 Å². The third kappa shape index (κ3) is 4.57. The van der Waals surface area contributed by atoms with Crippen LogP contribution < -0.4 is 10.6 Å². The highest BCUT2D eigenvalue weighted by atomic mass is 35.5. The van der Waals surface area contributed by atoms with Gasteiger partial charge >= 0.3 is 5.97 Å². The predicted octanol–water partition coefficient (Wildman–Crippen LogP) is 3.15. The Balaban J connectivity index is 1.08. The van der Waals surface area contributed by atoms with Crippen molar-refractivity contribution in [3.63, 3.8) is 0 Å². The van der Waals surface area contributed by atoms with Crippen LogP contribution in [0.4, 0.5) is 5.82 Å². The minimum Gasteiger partial charge on any atom is -0.480 e. The summed E-state index contributed by atoms with van der Waals surface area (Å²) < 4.78 is 0. The number of hydrogen-bond donors (Lipinski definition) is 3. The second-order valence-electron chi connectivity index (χ2n) is 9.30. The van der Waals surface area contributed by atoms with Crippen LogP contribution >= 0.6 is 11.6 Å². The largest absolute Gasteiger partial charge is 0.480 e. The van der Waals surface area contributed by atoms with Crippen molar-refractivity contribution in [3.8, 4) is 0 Å². The SMILES string of the molecule is O=C(NCCCc1ccc2c(n1)NCCC2)C1C2CN(C(C(=O)O)c3ccccc3Cl)CC21. The van der Waals surface area contributed by atoms with Gasteiger partial charge in [-0.05, 0) is 60.8 Å². The molecule has 7 nitrogen and oxygen atoms in total. The van der Waals surface area contributed by atoms with Crippen molar-refractivity contribution in [3.05, 3.63) is 58.2 Å². The minimum atomic E-state index is -0.906. The van der Waals surface area contributed by atoms with Crippen molar-refractivity contribution in [2.45, 2.75) is 31.7 Å². The molecule has 1 amide bonds. The van der Waals surface area contributed by atoms with Crippen LogP contribution in [0.5, 0.6) is 0 Å². The standard InChI is InChI=1S/C25H29ClN4O3/c26-20-8-2-1-7-17(20)22(25(32)33)30-13-18-19(14-30)21(18)24(31)28-12-4-6-16-10-9-15-5-3-11-27-23(15)29-16/h1-2,7-10,18-19,21-22H,3-6,11-14H2,(H,27,29)(H,28,31)(H,32,33). The van der Waals surface area contributed by atoms with Crippen molar-refractivity contribution >= 4 is 29.3 Å². The molecule has 33 heavy (non-hydrogen) atoms. The number of halogens is 1. The number of pyridine rings is 1. The normalized spacial score (nSPS) is 24.3. The number of likely N-dealkylation sites (tertiary alicyclic amines) is 1. The van der Waals surface area contributed by atoms with Crippen molar-refractivity contribution < 1.29 is 14.7 Å². The van der Waals surface area contributed by atoms with E-state index in [4.69, 9.17) is 16.6 Å². The number of piperidine rings is 1. The quantitative estimate of drug-likeness (QED) is 0.515. The number of nitrogens with one attached hydrogen (secondary N) is 2. The van der Waals surface area contributed by atoms with E-state index in [-0.39, 0.29) is 23.7 Å². The summed E-state index contributed by atoms with van der Waals surface area (Å²) in [6.45, 7) is 2.82. The van der Waals surface area contributed by atoms with Crippen LogP contribution in [0, 0.1) is 17.8 Å². The van der Waals surface area contributed by atoms with Gasteiger partial charge in [-0.15, -0.1) is 0 Å². The number of hydrogen-bond acceptors (Lipinski definition) is 5. The maximum absolute atomic E-state index is 12.7. The van der Waals surface area contributed by atoms with Gasteiger partial charge < -0.3 is 15.7 Å². The summed E-state index contributed by atoms with van der Waals surface area (Å²) in [5, 5.41) is 16.7. The second-order valence-corrected chi connectivity index (χ2v) is 9.71. The monoisotopic (exact) mass is 468 g/mol. The summed E-state index contributed by atoms with van der Waals surface area (Å²) in [5.41, 5.74) is 2.95. The summed E-state index contributed by atoms with van der Waals surface area (Å²) in [6.07, 6.45) is 3.91. The summed E-state index contributed by atoms with van der Waals surface area (Å²) in [5.74, 6) is 0.638. The molecule has 2 aliphatic heterocycles. The Kier molecular flexibility index (Phi) is 6.25. The van der Waals surface area contributed by atoms with Gasteiger partial charge in [-0.1, -0.05) is 35.9 Å². The Morgan fingerprint density at radius 3 is 2.76 bits per heavy atom. The van der Waals surface area contributed by atoms with E-state index in [1.165, 1.54) is 5.56 Å². The fourth-order valence-corrected chi connectivity index (χ4v) is 5.69. The van der Waals surface area contributed by atoms with Crippen molar-refractivity contribution in [2.24, 2.45) is 17.8 Å². The lowest BCUT2D eigenvalue weighted by Crippen LogP contribution is -2.37.